The van der Waals surface area contributed by atoms with Crippen LogP contribution in [-0.2, 0) is 40.8 Å². The molecular formula is C27H38N2O6S4. The first-order valence-corrected chi connectivity index (χ1v) is 18.5. The molecule has 0 saturated carbocycles. The first kappa shape index (κ1) is 30.7. The molecule has 4 amide bonds. The maximum Gasteiger partial charge on any atom is 0.254 e. The van der Waals surface area contributed by atoms with E-state index in [1.807, 2.05) is 27.7 Å². The average Bonchev–Trinajstić information content (AvgIpc) is 3.54. The molecule has 4 rings (SSSR count). The fourth-order valence-corrected chi connectivity index (χ4v) is 11.2. The summed E-state index contributed by atoms with van der Waals surface area (Å²) in [7, 11) is -2.51. The van der Waals surface area contributed by atoms with Gasteiger partial charge in [-0.15, -0.1) is 23.5 Å². The number of nitrogens with zero attached hydrogens (tertiary/aromatic N) is 2. The summed E-state index contributed by atoms with van der Waals surface area (Å²) in [6, 6.07) is 0. The van der Waals surface area contributed by atoms with Crippen LogP contribution in [0.3, 0.4) is 0 Å². The molecule has 4 aliphatic heterocycles. The van der Waals surface area contributed by atoms with Crippen molar-refractivity contribution in [2.45, 2.75) is 70.9 Å². The zero-order valence-electron chi connectivity index (χ0n) is 23.1. The second-order valence-electron chi connectivity index (χ2n) is 11.4. The largest absolute Gasteiger partial charge is 0.274 e. The Morgan fingerprint density at radius 1 is 0.769 bits per heavy atom. The Kier molecular flexibility index (Phi) is 9.71. The molecule has 0 radical (unpaired) electrons. The number of carbonyl (C=O) groups is 4. The number of hydrogen-bond acceptors (Lipinski definition) is 8. The van der Waals surface area contributed by atoms with Gasteiger partial charge >= 0.3 is 0 Å². The molecule has 2 fully saturated rings. The molecule has 4 heterocycles. The highest BCUT2D eigenvalue weighted by atomic mass is 32.2. The summed E-state index contributed by atoms with van der Waals surface area (Å²) in [5, 5.41) is 0. The van der Waals surface area contributed by atoms with Gasteiger partial charge in [-0.05, 0) is 64.4 Å². The Morgan fingerprint density at radius 2 is 1.23 bits per heavy atom. The van der Waals surface area contributed by atoms with Gasteiger partial charge in [-0.3, -0.25) is 37.4 Å². The predicted molar refractivity (Wildman–Crippen MR) is 159 cm³/mol. The molecular weight excluding hydrogens is 577 g/mol. The summed E-state index contributed by atoms with van der Waals surface area (Å²) in [6.45, 7) is 7.47. The van der Waals surface area contributed by atoms with Crippen LogP contribution in [0.5, 0.6) is 0 Å². The zero-order valence-corrected chi connectivity index (χ0v) is 26.3. The van der Waals surface area contributed by atoms with Gasteiger partial charge in [0.1, 0.15) is 0 Å². The van der Waals surface area contributed by atoms with E-state index in [2.05, 4.69) is 0 Å². The summed E-state index contributed by atoms with van der Waals surface area (Å²) in [5.74, 6) is 1.42. The van der Waals surface area contributed by atoms with Crippen LogP contribution in [-0.4, -0.2) is 87.4 Å². The number of carbonyl (C=O) groups excluding carboxylic acids is 4. The molecule has 0 spiro atoms. The number of rotatable bonds is 12. The van der Waals surface area contributed by atoms with Gasteiger partial charge in [-0.2, -0.15) is 0 Å². The Bertz CT molecular complexity index is 1160. The minimum Gasteiger partial charge on any atom is -0.274 e. The number of imide groups is 2. The molecule has 39 heavy (non-hydrogen) atoms. The lowest BCUT2D eigenvalue weighted by molar-refractivity contribution is -0.153. The van der Waals surface area contributed by atoms with Crippen LogP contribution in [0.4, 0.5) is 0 Å². The Labute approximate surface area is 244 Å². The highest BCUT2D eigenvalue weighted by Crippen LogP contribution is 2.43. The lowest BCUT2D eigenvalue weighted by Crippen LogP contribution is -2.56. The summed E-state index contributed by atoms with van der Waals surface area (Å²) < 4.78 is 25.6. The van der Waals surface area contributed by atoms with Crippen LogP contribution >= 0.6 is 23.5 Å². The van der Waals surface area contributed by atoms with Crippen LogP contribution in [0.2, 0.25) is 0 Å². The number of hydrogen-bond donors (Lipinski definition) is 0. The van der Waals surface area contributed by atoms with E-state index >= 15 is 0 Å². The van der Waals surface area contributed by atoms with Gasteiger partial charge in [-0.1, -0.05) is 6.92 Å². The predicted octanol–water partition coefficient (Wildman–Crippen LogP) is 3.22. The number of amides is 4. The number of thioether (sulfide) groups is 2. The van der Waals surface area contributed by atoms with Crippen molar-refractivity contribution in [3.8, 4) is 0 Å². The molecule has 8 nitrogen and oxygen atoms in total. The summed E-state index contributed by atoms with van der Waals surface area (Å²) in [5.41, 5.74) is -1.48. The molecule has 5 unspecified atom stereocenters. The van der Waals surface area contributed by atoms with Crippen molar-refractivity contribution in [3.63, 3.8) is 0 Å². The van der Waals surface area contributed by atoms with Crippen molar-refractivity contribution in [2.24, 2.45) is 11.8 Å². The van der Waals surface area contributed by atoms with E-state index in [9.17, 15) is 27.6 Å². The van der Waals surface area contributed by atoms with E-state index in [4.69, 9.17) is 0 Å². The van der Waals surface area contributed by atoms with Gasteiger partial charge in [0.15, 0.2) is 0 Å². The summed E-state index contributed by atoms with van der Waals surface area (Å²) in [4.78, 5) is 56.1. The van der Waals surface area contributed by atoms with Crippen LogP contribution in [0, 0.1) is 11.8 Å². The molecule has 12 heteroatoms. The van der Waals surface area contributed by atoms with Gasteiger partial charge in [-0.25, -0.2) is 0 Å². The highest BCUT2D eigenvalue weighted by molar-refractivity contribution is 8.03. The first-order valence-electron chi connectivity index (χ1n) is 13.5. The minimum absolute atomic E-state index is 0.148. The van der Waals surface area contributed by atoms with Crippen LogP contribution in [0.15, 0.2) is 22.0 Å². The Hall–Kier alpha value is -1.24. The fraction of sp³-hybridized carbons (Fsp3) is 0.704. The SMILES string of the molecule is CCC(C)(CCS(=O)CCS(=O)CCC(C)(C)N1C(=O)C=C2SCCC2C1=O)N1C(=O)C=C2SCCC2C1=O. The third kappa shape index (κ3) is 6.48. The third-order valence-corrected chi connectivity index (χ3v) is 13.5. The van der Waals surface area contributed by atoms with E-state index < -0.39 is 32.7 Å². The molecule has 2 saturated heterocycles. The van der Waals surface area contributed by atoms with Gasteiger partial charge in [0.25, 0.3) is 11.8 Å². The van der Waals surface area contributed by atoms with Gasteiger partial charge < -0.3 is 0 Å². The number of fused-ring (bicyclic) bond motifs is 2. The Morgan fingerprint density at radius 3 is 1.74 bits per heavy atom. The summed E-state index contributed by atoms with van der Waals surface area (Å²) in [6.07, 6.45) is 6.02. The lowest BCUT2D eigenvalue weighted by atomic mass is 9.88. The van der Waals surface area contributed by atoms with Crippen LogP contribution < -0.4 is 0 Å². The van der Waals surface area contributed by atoms with Crippen molar-refractivity contribution >= 4 is 68.8 Å². The second-order valence-corrected chi connectivity index (χ2v) is 17.1. The standard InChI is InChI=1S/C27H38N2O6S4/c1-5-27(4,29-23(31)17-21-19(25(29)33)7-11-37-21)9-13-39(35)15-14-38(34)12-8-26(2,3)28-22(30)16-20-18(24(28)32)6-10-36-20/h16-19H,5-15H2,1-4H3. The molecule has 0 aliphatic carbocycles. The van der Waals surface area contributed by atoms with Crippen molar-refractivity contribution in [1.29, 1.82) is 0 Å². The zero-order chi connectivity index (χ0) is 28.5. The lowest BCUT2D eigenvalue weighted by Gasteiger charge is -2.42. The molecule has 216 valence electrons. The second kappa shape index (κ2) is 12.3. The molecule has 0 aromatic rings. The molecule has 0 aromatic heterocycles. The van der Waals surface area contributed by atoms with E-state index in [1.54, 1.807) is 35.7 Å². The monoisotopic (exact) mass is 614 g/mol. The summed E-state index contributed by atoms with van der Waals surface area (Å²) >= 11 is 3.14. The molecule has 0 N–H and O–H groups in total. The van der Waals surface area contributed by atoms with Crippen molar-refractivity contribution < 1.29 is 27.6 Å². The molecule has 5 atom stereocenters. The van der Waals surface area contributed by atoms with Crippen molar-refractivity contribution in [1.82, 2.24) is 9.80 Å². The van der Waals surface area contributed by atoms with Crippen LogP contribution in [0.1, 0.15) is 59.8 Å². The first-order chi connectivity index (χ1) is 18.4. The van der Waals surface area contributed by atoms with Crippen molar-refractivity contribution in [2.75, 3.05) is 34.5 Å². The Balaban J connectivity index is 1.26. The van der Waals surface area contributed by atoms with Gasteiger partial charge in [0, 0.05) is 77.7 Å². The molecule has 0 aromatic carbocycles. The average molecular weight is 615 g/mol. The maximum absolute atomic E-state index is 13.1. The quantitative estimate of drug-likeness (QED) is 0.309. The van der Waals surface area contributed by atoms with E-state index in [-0.39, 0.29) is 47.0 Å². The van der Waals surface area contributed by atoms with E-state index in [0.29, 0.717) is 30.8 Å². The van der Waals surface area contributed by atoms with Crippen LogP contribution in [0.25, 0.3) is 0 Å². The smallest absolute Gasteiger partial charge is 0.254 e. The molecule has 0 bridgehead atoms. The van der Waals surface area contributed by atoms with E-state index in [0.717, 1.165) is 34.2 Å². The molecule has 4 aliphatic rings. The fourth-order valence-electron chi connectivity index (χ4n) is 5.53. The van der Waals surface area contributed by atoms with Gasteiger partial charge in [0.05, 0.1) is 11.8 Å². The normalized spacial score (nSPS) is 26.7. The maximum atomic E-state index is 13.1. The third-order valence-electron chi connectivity index (χ3n) is 8.30. The highest BCUT2D eigenvalue weighted by Gasteiger charge is 2.47. The topological polar surface area (TPSA) is 109 Å². The van der Waals surface area contributed by atoms with E-state index in [1.165, 1.54) is 9.80 Å². The van der Waals surface area contributed by atoms with Gasteiger partial charge in [0.2, 0.25) is 11.8 Å². The van der Waals surface area contributed by atoms with Crippen molar-refractivity contribution in [3.05, 3.63) is 22.0 Å². The minimum atomic E-state index is -1.26.